The number of hydrogen-bond donors (Lipinski definition) is 10. The molecule has 17 nitrogen and oxygen atoms in total. The number of fused-ring (bicyclic) bond motifs is 1. The number of primary amides is 1. The van der Waals surface area contributed by atoms with E-state index in [0.717, 1.165) is 10.9 Å². The normalized spacial score (nSPS) is 13.6. The van der Waals surface area contributed by atoms with Crippen molar-refractivity contribution in [3.05, 3.63) is 36.0 Å². The van der Waals surface area contributed by atoms with Crippen LogP contribution in [0.25, 0.3) is 10.9 Å². The standard InChI is InChI=1S/C25H35N9O8/c26-14(9-19(27)35)21(38)32-16(6-3-7-30-25(28)29)22(39)33-17(10-20(36)37)23(40)34-18(24(41)42)8-12-11-31-15-5-2-1-4-13(12)15/h1-2,4-5,11,14,16-18,31H,3,6-10,26H2,(H2,27,35)(H,32,38)(H,33,39)(H,34,40)(H,36,37)(H,41,42)(H4,28,29,30). The summed E-state index contributed by atoms with van der Waals surface area (Å²) >= 11 is 0. The number of rotatable bonds is 17. The first-order chi connectivity index (χ1) is 19.8. The van der Waals surface area contributed by atoms with Crippen molar-refractivity contribution in [2.24, 2.45) is 27.9 Å². The van der Waals surface area contributed by atoms with Crippen molar-refractivity contribution in [3.8, 4) is 0 Å². The number of amides is 4. The molecular weight excluding hydrogens is 554 g/mol. The minimum absolute atomic E-state index is 0.0719. The van der Waals surface area contributed by atoms with E-state index in [1.54, 1.807) is 30.5 Å². The summed E-state index contributed by atoms with van der Waals surface area (Å²) in [5.74, 6) is -6.86. The topological polar surface area (TPSA) is 311 Å². The third-order valence-corrected chi connectivity index (χ3v) is 6.06. The molecule has 0 fully saturated rings. The van der Waals surface area contributed by atoms with Gasteiger partial charge in [0.1, 0.15) is 18.1 Å². The zero-order chi connectivity index (χ0) is 31.4. The van der Waals surface area contributed by atoms with E-state index < -0.39 is 72.6 Å². The Hall–Kier alpha value is -5.19. The minimum Gasteiger partial charge on any atom is -0.481 e. The highest BCUT2D eigenvalue weighted by Gasteiger charge is 2.32. The molecule has 0 saturated carbocycles. The van der Waals surface area contributed by atoms with Crippen LogP contribution in [0.2, 0.25) is 0 Å². The number of aromatic amines is 1. The number of nitrogens with one attached hydrogen (secondary N) is 4. The number of aliphatic imine (C=N–C) groups is 1. The predicted molar refractivity (Wildman–Crippen MR) is 149 cm³/mol. The molecule has 228 valence electrons. The van der Waals surface area contributed by atoms with E-state index in [4.69, 9.17) is 22.9 Å². The van der Waals surface area contributed by atoms with E-state index in [0.29, 0.717) is 5.56 Å². The molecule has 2 aromatic rings. The summed E-state index contributed by atoms with van der Waals surface area (Å²) in [5.41, 5.74) is 22.6. The van der Waals surface area contributed by atoms with Crippen LogP contribution in [-0.4, -0.2) is 87.4 Å². The number of carboxylic acids is 2. The number of aromatic nitrogens is 1. The largest absolute Gasteiger partial charge is 0.481 e. The van der Waals surface area contributed by atoms with Crippen LogP contribution in [0, 0.1) is 0 Å². The molecule has 4 unspecified atom stereocenters. The Morgan fingerprint density at radius 1 is 0.857 bits per heavy atom. The molecule has 14 N–H and O–H groups in total. The lowest BCUT2D eigenvalue weighted by molar-refractivity contribution is -0.143. The van der Waals surface area contributed by atoms with Crippen LogP contribution >= 0.6 is 0 Å². The van der Waals surface area contributed by atoms with Gasteiger partial charge in [-0.15, -0.1) is 0 Å². The number of para-hydroxylation sites is 1. The smallest absolute Gasteiger partial charge is 0.326 e. The number of H-pyrrole nitrogens is 1. The van der Waals surface area contributed by atoms with Crippen LogP contribution in [-0.2, 0) is 35.2 Å². The average Bonchev–Trinajstić information content (AvgIpc) is 3.31. The summed E-state index contributed by atoms with van der Waals surface area (Å²) in [6, 6.07) is 1.21. The zero-order valence-electron chi connectivity index (χ0n) is 22.5. The van der Waals surface area contributed by atoms with Crippen molar-refractivity contribution in [2.45, 2.75) is 56.3 Å². The molecule has 4 atom stereocenters. The molecule has 1 heterocycles. The first-order valence-corrected chi connectivity index (χ1v) is 12.8. The molecule has 42 heavy (non-hydrogen) atoms. The molecule has 0 aliphatic heterocycles. The van der Waals surface area contributed by atoms with Crippen molar-refractivity contribution < 1.29 is 39.0 Å². The summed E-state index contributed by atoms with van der Waals surface area (Å²) < 4.78 is 0. The number of carbonyl (C=O) groups excluding carboxylic acids is 4. The van der Waals surface area contributed by atoms with Gasteiger partial charge < -0.3 is 54.1 Å². The Morgan fingerprint density at radius 2 is 1.48 bits per heavy atom. The van der Waals surface area contributed by atoms with Crippen LogP contribution in [0.3, 0.4) is 0 Å². The molecule has 2 rings (SSSR count). The maximum Gasteiger partial charge on any atom is 0.326 e. The first-order valence-electron chi connectivity index (χ1n) is 12.8. The van der Waals surface area contributed by atoms with Crippen molar-refractivity contribution in [2.75, 3.05) is 6.54 Å². The second-order valence-electron chi connectivity index (χ2n) is 9.41. The van der Waals surface area contributed by atoms with Crippen LogP contribution in [0.4, 0.5) is 0 Å². The lowest BCUT2D eigenvalue weighted by Gasteiger charge is -2.24. The third-order valence-electron chi connectivity index (χ3n) is 6.06. The average molecular weight is 590 g/mol. The number of nitrogens with zero attached hydrogens (tertiary/aromatic N) is 1. The highest BCUT2D eigenvalue weighted by molar-refractivity contribution is 5.96. The van der Waals surface area contributed by atoms with Crippen LogP contribution < -0.4 is 38.9 Å². The maximum absolute atomic E-state index is 13.1. The van der Waals surface area contributed by atoms with Gasteiger partial charge in [-0.3, -0.25) is 29.0 Å². The molecule has 0 bridgehead atoms. The Bertz CT molecular complexity index is 1340. The number of benzene rings is 1. The second kappa shape index (κ2) is 15.6. The van der Waals surface area contributed by atoms with Crippen LogP contribution in [0.15, 0.2) is 35.5 Å². The number of aliphatic carboxylic acids is 2. The Kier molecular flexibility index (Phi) is 12.2. The lowest BCUT2D eigenvalue weighted by Crippen LogP contribution is -2.57. The highest BCUT2D eigenvalue weighted by Crippen LogP contribution is 2.19. The molecule has 0 spiro atoms. The Morgan fingerprint density at radius 3 is 2.10 bits per heavy atom. The van der Waals surface area contributed by atoms with Gasteiger partial charge >= 0.3 is 11.9 Å². The van der Waals surface area contributed by atoms with Crippen LogP contribution in [0.5, 0.6) is 0 Å². The van der Waals surface area contributed by atoms with Crippen molar-refractivity contribution in [3.63, 3.8) is 0 Å². The quantitative estimate of drug-likeness (QED) is 0.0503. The molecule has 0 saturated heterocycles. The third kappa shape index (κ3) is 10.4. The molecule has 0 aliphatic rings. The van der Waals surface area contributed by atoms with Crippen molar-refractivity contribution in [1.82, 2.24) is 20.9 Å². The van der Waals surface area contributed by atoms with Gasteiger partial charge in [-0.25, -0.2) is 4.79 Å². The summed E-state index contributed by atoms with van der Waals surface area (Å²) in [6.45, 7) is 0.0719. The molecular formula is C25H35N9O8. The van der Waals surface area contributed by atoms with E-state index >= 15 is 0 Å². The zero-order valence-corrected chi connectivity index (χ0v) is 22.5. The Labute approximate surface area is 239 Å². The summed E-state index contributed by atoms with van der Waals surface area (Å²) in [7, 11) is 0. The monoisotopic (exact) mass is 589 g/mol. The first kappa shape index (κ1) is 33.0. The highest BCUT2D eigenvalue weighted by atomic mass is 16.4. The van der Waals surface area contributed by atoms with Crippen molar-refractivity contribution in [1.29, 1.82) is 0 Å². The van der Waals surface area contributed by atoms with Gasteiger partial charge in [0.15, 0.2) is 5.96 Å². The molecule has 0 aliphatic carbocycles. The van der Waals surface area contributed by atoms with Gasteiger partial charge in [-0.2, -0.15) is 0 Å². The van der Waals surface area contributed by atoms with E-state index in [1.165, 1.54) is 0 Å². The number of carbonyl (C=O) groups is 6. The number of carboxylic acid groups (broad SMARTS) is 2. The number of nitrogens with two attached hydrogens (primary N) is 4. The molecule has 4 amide bonds. The lowest BCUT2D eigenvalue weighted by atomic mass is 10.0. The van der Waals surface area contributed by atoms with Gasteiger partial charge in [0.05, 0.1) is 18.9 Å². The SMILES string of the molecule is NC(=O)CC(N)C(=O)NC(CCCN=C(N)N)C(=O)NC(CC(=O)O)C(=O)NC(Cc1c[nH]c2ccccc12)C(=O)O. The van der Waals surface area contributed by atoms with Gasteiger partial charge in [-0.05, 0) is 24.5 Å². The van der Waals surface area contributed by atoms with Gasteiger partial charge in [0.25, 0.3) is 0 Å². The van der Waals surface area contributed by atoms with E-state index in [-0.39, 0.29) is 31.8 Å². The van der Waals surface area contributed by atoms with Crippen molar-refractivity contribution >= 4 is 52.4 Å². The van der Waals surface area contributed by atoms with E-state index in [9.17, 15) is 39.0 Å². The summed E-state index contributed by atoms with van der Waals surface area (Å²) in [6.07, 6.45) is 0.153. The number of guanidine groups is 1. The molecule has 1 aromatic heterocycles. The van der Waals surface area contributed by atoms with E-state index in [1.807, 2.05) is 0 Å². The van der Waals surface area contributed by atoms with Gasteiger partial charge in [0.2, 0.25) is 23.6 Å². The molecule has 1 aromatic carbocycles. The van der Waals surface area contributed by atoms with E-state index in [2.05, 4.69) is 25.9 Å². The fourth-order valence-corrected chi connectivity index (χ4v) is 4.01. The van der Waals surface area contributed by atoms with Gasteiger partial charge in [0, 0.05) is 30.1 Å². The minimum atomic E-state index is -1.71. The maximum atomic E-state index is 13.1. The summed E-state index contributed by atoms with van der Waals surface area (Å²) in [4.78, 5) is 80.1. The summed E-state index contributed by atoms with van der Waals surface area (Å²) in [5, 5.41) is 26.7. The number of hydrogen-bond acceptors (Lipinski definition) is 8. The van der Waals surface area contributed by atoms with Crippen LogP contribution in [0.1, 0.15) is 31.2 Å². The Balaban J connectivity index is 2.20. The molecule has 0 radical (unpaired) electrons. The second-order valence-corrected chi connectivity index (χ2v) is 9.41. The van der Waals surface area contributed by atoms with Gasteiger partial charge in [-0.1, -0.05) is 18.2 Å². The molecule has 17 heteroatoms. The predicted octanol–water partition coefficient (Wildman–Crippen LogP) is -3.02. The fraction of sp³-hybridized carbons (Fsp3) is 0.400. The fourth-order valence-electron chi connectivity index (χ4n) is 4.01.